The third-order valence-corrected chi connectivity index (χ3v) is 23.6. The minimum atomic E-state index is -3.83. The molecule has 11 aromatic rings. The highest BCUT2D eigenvalue weighted by molar-refractivity contribution is 8.13. The topological polar surface area (TPSA) is 492 Å². The molecular weight excluding hydrogens is 1740 g/mol. The summed E-state index contributed by atoms with van der Waals surface area (Å²) in [5.74, 6) is -0.0807. The lowest BCUT2D eigenvalue weighted by Gasteiger charge is -2.22. The second-order valence-corrected chi connectivity index (χ2v) is 36.4. The molecule has 40 heteroatoms. The van der Waals surface area contributed by atoms with Crippen molar-refractivity contribution in [3.63, 3.8) is 0 Å². The summed E-state index contributed by atoms with van der Waals surface area (Å²) in [4.78, 5) is 44.1. The molecule has 2 aliphatic heterocycles. The largest absolute Gasteiger partial charge is 0.461 e. The molecule has 0 amide bonds. The zero-order valence-corrected chi connectivity index (χ0v) is 71.5. The molecule has 0 saturated carbocycles. The number of halogens is 2. The molecule has 4 atom stereocenters. The van der Waals surface area contributed by atoms with E-state index < -0.39 is 76.9 Å². The third kappa shape index (κ3) is 35.6. The zero-order valence-electron chi connectivity index (χ0n) is 66.4. The molecule has 0 bridgehead atoms. The molecule has 34 nitrogen and oxygen atoms in total. The summed E-state index contributed by atoms with van der Waals surface area (Å²) >= 11 is 10.8. The summed E-state index contributed by atoms with van der Waals surface area (Å²) in [7, 11) is -11.1. The smallest absolute Gasteiger partial charge is 0.362 e. The molecule has 9 heterocycles. The number of benzene rings is 4. The first-order chi connectivity index (χ1) is 58.5. The van der Waals surface area contributed by atoms with Gasteiger partial charge < -0.3 is 95.5 Å². The Balaban J connectivity index is 0.000000240. The molecule has 0 aliphatic carbocycles. The standard InChI is InChI=1S/C24H27O11P.2C18H19O7P.C6H5Cl2OP.C6H8O4.C6H8O3.C4H8O.CH4/c1-16(25)23(27)30-12-18-8-10-20(34-18)14-32-36(29,22-6-4-3-5-7-22)33-15-21-11-9-19(35-21)13-31-24(28)17(2)26;2*19-10-14-6-8-16(24-14)12-22-26(21,18-4-2-1-3-5-18)23-13-17-9-7-15(11-20)25-17;7-10(8,9)6-4-2-1-3-5-6;1-3-5(7)10-4(2)6(8)9-3;7-3-5-1-2-6(4-8)9-5;1-2-4-5-3-1;/h3-11,16-17,25-26H,12-15H2,1-2H3;2*1-9,19-20H,10-13H2;1-5H;3-4H,1-2H3;1-2,7-8H,3-4H2;1-4H2;1H4. The van der Waals surface area contributed by atoms with Crippen LogP contribution in [0.4, 0.5) is 0 Å². The van der Waals surface area contributed by atoms with Gasteiger partial charge in [0.25, 0.3) is 5.85 Å². The van der Waals surface area contributed by atoms with Gasteiger partial charge in [-0.25, -0.2) is 19.2 Å². The number of furan rings is 7. The Kier molecular flexibility index (Phi) is 44.2. The van der Waals surface area contributed by atoms with Crippen molar-refractivity contribution in [2.45, 2.75) is 165 Å². The number of carbonyl (C=O) groups excluding carboxylic acids is 4. The first kappa shape index (κ1) is 102. The van der Waals surface area contributed by atoms with Crippen LogP contribution in [-0.4, -0.2) is 102 Å². The molecule has 2 fully saturated rings. The second-order valence-electron chi connectivity index (χ2n) is 25.5. The average molecular weight is 1830 g/mol. The van der Waals surface area contributed by atoms with E-state index in [4.69, 9.17) is 125 Å². The molecule has 668 valence electrons. The lowest BCUT2D eigenvalue weighted by molar-refractivity contribution is -0.191. The van der Waals surface area contributed by atoms with E-state index >= 15 is 0 Å². The molecule has 2 aliphatic rings. The third-order valence-electron chi connectivity index (χ3n) is 16.0. The number of aliphatic hydroxyl groups is 8. The maximum Gasteiger partial charge on any atom is 0.362 e. The molecule has 0 spiro atoms. The van der Waals surface area contributed by atoms with Crippen molar-refractivity contribution in [3.8, 4) is 0 Å². The molecule has 4 unspecified atom stereocenters. The van der Waals surface area contributed by atoms with Crippen molar-refractivity contribution in [2.75, 3.05) is 13.2 Å². The first-order valence-corrected chi connectivity index (χ1v) is 45.4. The minimum Gasteiger partial charge on any atom is -0.461 e. The Morgan fingerprint density at radius 2 is 0.537 bits per heavy atom. The van der Waals surface area contributed by atoms with Crippen molar-refractivity contribution >= 4 is 96.2 Å². The van der Waals surface area contributed by atoms with Crippen LogP contribution >= 0.6 is 51.1 Å². The summed E-state index contributed by atoms with van der Waals surface area (Å²) < 4.78 is 146. The van der Waals surface area contributed by atoms with Gasteiger partial charge in [0.05, 0.1) is 15.9 Å². The molecule has 0 radical (unpaired) electrons. The first-order valence-electron chi connectivity index (χ1n) is 37.3. The van der Waals surface area contributed by atoms with Gasteiger partial charge in [0.15, 0.2) is 12.2 Å². The fourth-order valence-electron chi connectivity index (χ4n) is 9.64. The SMILES string of the molecule is C.C1CCOC1.CC(O)C(=O)OCc1ccc(COP(=O)(OCc2ccc(COC(=O)C(C)O)o2)c2ccccc2)o1.CC1OC(=O)C(C)OC1=O.O=P(Cl)(Cl)c1ccccc1.O=P(OCc1ccc(CO)o1)(OCc1ccc(CO)o1)c1ccccc1.O=P(OCc1ccc(CO)o1)(OCc1ccc(CO)o1)c1ccccc1.OCc1ccc(CO)o1. The Bertz CT molecular complexity index is 4720. The van der Waals surface area contributed by atoms with Crippen molar-refractivity contribution in [2.24, 2.45) is 0 Å². The Morgan fingerprint density at radius 3 is 0.715 bits per heavy atom. The van der Waals surface area contributed by atoms with Gasteiger partial charge >= 0.3 is 46.7 Å². The number of hydrogen-bond acceptors (Lipinski definition) is 34. The number of cyclic esters (lactones) is 2. The van der Waals surface area contributed by atoms with Crippen LogP contribution in [0.3, 0.4) is 0 Å². The quantitative estimate of drug-likeness (QED) is 0.0105. The van der Waals surface area contributed by atoms with Crippen LogP contribution < -0.4 is 21.2 Å². The fraction of sp³-hybridized carbons (Fsp3) is 0.325. The lowest BCUT2D eigenvalue weighted by atomic mass is 10.3. The summed E-state index contributed by atoms with van der Waals surface area (Å²) in [6.45, 7) is 5.36. The van der Waals surface area contributed by atoms with E-state index in [9.17, 15) is 47.7 Å². The highest BCUT2D eigenvalue weighted by Crippen LogP contribution is 2.55. The predicted octanol–water partition coefficient (Wildman–Crippen LogP) is 13.7. The normalized spacial score (nSPS) is 14.6. The highest BCUT2D eigenvalue weighted by Gasteiger charge is 2.34. The zero-order chi connectivity index (χ0) is 88.5. The van der Waals surface area contributed by atoms with Crippen LogP contribution in [0.2, 0.25) is 0 Å². The molecular formula is C83H98Cl2O34P4. The summed E-state index contributed by atoms with van der Waals surface area (Å²) in [6.07, 6.45) is -1.44. The second kappa shape index (κ2) is 53.1. The van der Waals surface area contributed by atoms with Crippen molar-refractivity contribution in [3.05, 3.63) is 287 Å². The number of carbonyl (C=O) groups is 4. The summed E-state index contributed by atoms with van der Waals surface area (Å²) in [6, 6.07) is 56.7. The van der Waals surface area contributed by atoms with Gasteiger partial charge in [-0.1, -0.05) is 80.2 Å². The summed E-state index contributed by atoms with van der Waals surface area (Å²) in [5, 5.41) is 73.1. The van der Waals surface area contributed by atoms with Crippen LogP contribution in [-0.2, 0) is 181 Å². The van der Waals surface area contributed by atoms with E-state index in [1.54, 1.807) is 200 Å². The van der Waals surface area contributed by atoms with Gasteiger partial charge in [-0.05, 0) is 196 Å². The van der Waals surface area contributed by atoms with Crippen LogP contribution in [0.15, 0.2) is 237 Å². The number of rotatable bonds is 34. The van der Waals surface area contributed by atoms with E-state index in [1.807, 2.05) is 6.07 Å². The van der Waals surface area contributed by atoms with Gasteiger partial charge in [-0.2, -0.15) is 0 Å². The van der Waals surface area contributed by atoms with Crippen LogP contribution in [0, 0.1) is 0 Å². The van der Waals surface area contributed by atoms with E-state index in [0.717, 1.165) is 13.2 Å². The van der Waals surface area contributed by atoms with Gasteiger partial charge in [0, 0.05) is 18.5 Å². The number of aliphatic hydroxyl groups excluding tert-OH is 8. The Labute approximate surface area is 717 Å². The van der Waals surface area contributed by atoms with Crippen molar-refractivity contribution < 1.29 is 160 Å². The van der Waals surface area contributed by atoms with Gasteiger partial charge in [0.1, 0.15) is 185 Å². The van der Waals surface area contributed by atoms with Crippen LogP contribution in [0.1, 0.15) is 129 Å². The maximum absolute atomic E-state index is 13.6. The highest BCUT2D eigenvalue weighted by atomic mass is 35.9. The fourth-order valence-corrected chi connectivity index (χ4v) is 15.4. The van der Waals surface area contributed by atoms with Crippen molar-refractivity contribution in [1.82, 2.24) is 0 Å². The molecule has 7 aromatic heterocycles. The molecule has 13 rings (SSSR count). The predicted molar refractivity (Wildman–Crippen MR) is 443 cm³/mol. The Morgan fingerprint density at radius 1 is 0.341 bits per heavy atom. The maximum atomic E-state index is 13.6. The average Bonchev–Trinajstić information content (AvgIpc) is 1.82. The monoisotopic (exact) mass is 1830 g/mol. The van der Waals surface area contributed by atoms with Gasteiger partial charge in [-0.15, -0.1) is 0 Å². The number of esters is 4. The summed E-state index contributed by atoms with van der Waals surface area (Å²) in [5.41, 5.74) is 0. The minimum absolute atomic E-state index is 0. The molecule has 123 heavy (non-hydrogen) atoms. The molecule has 2 saturated heterocycles. The van der Waals surface area contributed by atoms with Gasteiger partial charge in [0.2, 0.25) is 0 Å². The van der Waals surface area contributed by atoms with Gasteiger partial charge in [-0.3, -0.25) is 45.4 Å². The van der Waals surface area contributed by atoms with E-state index in [2.05, 4.69) is 9.47 Å². The molecule has 8 N–H and O–H groups in total. The van der Waals surface area contributed by atoms with E-state index in [1.165, 1.54) is 40.5 Å². The number of ether oxygens (including phenoxy) is 5. The number of hydrogen-bond donors (Lipinski definition) is 8. The van der Waals surface area contributed by atoms with Crippen LogP contribution in [0.5, 0.6) is 0 Å². The van der Waals surface area contributed by atoms with Crippen molar-refractivity contribution in [1.29, 1.82) is 0 Å². The molecule has 4 aromatic carbocycles. The van der Waals surface area contributed by atoms with E-state index in [0.29, 0.717) is 102 Å². The Hall–Kier alpha value is -9.38. The van der Waals surface area contributed by atoms with Crippen LogP contribution in [0.25, 0.3) is 0 Å². The lowest BCUT2D eigenvalue weighted by Crippen LogP contribution is -2.40. The van der Waals surface area contributed by atoms with E-state index in [-0.39, 0.29) is 99.9 Å².